The van der Waals surface area contributed by atoms with Gasteiger partial charge in [-0.2, -0.15) is 4.31 Å². The standard InChI is InChI=1S/C17H23N3O3S/c1-13-4-5-17(10-14(13)2)24(21,22)20-8-6-19(7-9-20)12-16-11-15(3)23-18-16/h4-5,10-11H,6-9,12H2,1-3H3. The molecule has 130 valence electrons. The van der Waals surface area contributed by atoms with Crippen LogP contribution in [0, 0.1) is 20.8 Å². The van der Waals surface area contributed by atoms with Gasteiger partial charge >= 0.3 is 0 Å². The first-order valence-corrected chi connectivity index (χ1v) is 9.52. The molecule has 0 bridgehead atoms. The van der Waals surface area contributed by atoms with Crippen molar-refractivity contribution >= 4 is 10.0 Å². The zero-order chi connectivity index (χ0) is 17.3. The SMILES string of the molecule is Cc1cc(CN2CCN(S(=O)(=O)c3ccc(C)c(C)c3)CC2)no1. The van der Waals surface area contributed by atoms with Crippen LogP contribution in [0.4, 0.5) is 0 Å². The van der Waals surface area contributed by atoms with Gasteiger partial charge in [0.15, 0.2) is 0 Å². The predicted octanol–water partition coefficient (Wildman–Crippen LogP) is 2.11. The lowest BCUT2D eigenvalue weighted by Crippen LogP contribution is -2.48. The van der Waals surface area contributed by atoms with E-state index in [1.807, 2.05) is 32.9 Å². The van der Waals surface area contributed by atoms with Crippen molar-refractivity contribution < 1.29 is 12.9 Å². The Morgan fingerprint density at radius 2 is 1.75 bits per heavy atom. The second-order valence-corrected chi connectivity index (χ2v) is 8.29. The summed E-state index contributed by atoms with van der Waals surface area (Å²) in [6.45, 7) is 8.84. The Kier molecular flexibility index (Phi) is 4.76. The van der Waals surface area contributed by atoms with Crippen molar-refractivity contribution in [3.63, 3.8) is 0 Å². The number of benzene rings is 1. The van der Waals surface area contributed by atoms with Gasteiger partial charge in [0.2, 0.25) is 10.0 Å². The fourth-order valence-corrected chi connectivity index (χ4v) is 4.38. The molecule has 1 fully saturated rings. The van der Waals surface area contributed by atoms with E-state index in [1.165, 1.54) is 0 Å². The summed E-state index contributed by atoms with van der Waals surface area (Å²) in [5.41, 5.74) is 2.98. The maximum absolute atomic E-state index is 12.8. The van der Waals surface area contributed by atoms with E-state index in [9.17, 15) is 8.42 Å². The average molecular weight is 349 g/mol. The maximum Gasteiger partial charge on any atom is 0.243 e. The zero-order valence-electron chi connectivity index (χ0n) is 14.3. The van der Waals surface area contributed by atoms with E-state index in [1.54, 1.807) is 16.4 Å². The maximum atomic E-state index is 12.8. The minimum Gasteiger partial charge on any atom is -0.361 e. The molecule has 7 heteroatoms. The van der Waals surface area contributed by atoms with Crippen molar-refractivity contribution in [2.75, 3.05) is 26.2 Å². The van der Waals surface area contributed by atoms with Gasteiger partial charge in [-0.15, -0.1) is 0 Å². The van der Waals surface area contributed by atoms with Gasteiger partial charge < -0.3 is 4.52 Å². The quantitative estimate of drug-likeness (QED) is 0.846. The lowest BCUT2D eigenvalue weighted by Gasteiger charge is -2.33. The Morgan fingerprint density at radius 1 is 1.04 bits per heavy atom. The second kappa shape index (κ2) is 6.66. The van der Waals surface area contributed by atoms with Crippen LogP contribution in [0.15, 0.2) is 33.7 Å². The summed E-state index contributed by atoms with van der Waals surface area (Å²) < 4.78 is 32.2. The van der Waals surface area contributed by atoms with Crippen molar-refractivity contribution in [2.45, 2.75) is 32.2 Å². The number of aryl methyl sites for hydroxylation is 3. The van der Waals surface area contributed by atoms with E-state index < -0.39 is 10.0 Å². The molecule has 6 nitrogen and oxygen atoms in total. The normalized spacial score (nSPS) is 17.3. The van der Waals surface area contributed by atoms with E-state index in [4.69, 9.17) is 4.52 Å². The molecule has 0 saturated carbocycles. The molecule has 24 heavy (non-hydrogen) atoms. The molecule has 0 radical (unpaired) electrons. The fraction of sp³-hybridized carbons (Fsp3) is 0.471. The van der Waals surface area contributed by atoms with Gasteiger partial charge in [0.1, 0.15) is 5.76 Å². The zero-order valence-corrected chi connectivity index (χ0v) is 15.1. The Balaban J connectivity index is 1.65. The summed E-state index contributed by atoms with van der Waals surface area (Å²) in [4.78, 5) is 2.58. The summed E-state index contributed by atoms with van der Waals surface area (Å²) in [6, 6.07) is 7.24. The molecular formula is C17H23N3O3S. The summed E-state index contributed by atoms with van der Waals surface area (Å²) in [7, 11) is -3.42. The van der Waals surface area contributed by atoms with Crippen molar-refractivity contribution in [3.8, 4) is 0 Å². The monoisotopic (exact) mass is 349 g/mol. The number of piperazine rings is 1. The molecular weight excluding hydrogens is 326 g/mol. The van der Waals surface area contributed by atoms with Gasteiger partial charge in [0.05, 0.1) is 10.6 Å². The number of nitrogens with zero attached hydrogens (tertiary/aromatic N) is 3. The highest BCUT2D eigenvalue weighted by molar-refractivity contribution is 7.89. The third kappa shape index (κ3) is 3.53. The number of hydrogen-bond donors (Lipinski definition) is 0. The third-order valence-electron chi connectivity index (χ3n) is 4.51. The van der Waals surface area contributed by atoms with Crippen LogP contribution in [0.3, 0.4) is 0 Å². The van der Waals surface area contributed by atoms with Crippen LogP contribution in [0.2, 0.25) is 0 Å². The van der Waals surface area contributed by atoms with Crippen LogP contribution < -0.4 is 0 Å². The van der Waals surface area contributed by atoms with Gasteiger partial charge in [-0.3, -0.25) is 4.90 Å². The molecule has 0 amide bonds. The van der Waals surface area contributed by atoms with Gasteiger partial charge in [0.25, 0.3) is 0 Å². The van der Waals surface area contributed by atoms with Gasteiger partial charge in [-0.25, -0.2) is 8.42 Å². The fourth-order valence-electron chi connectivity index (χ4n) is 2.87. The first kappa shape index (κ1) is 17.1. The average Bonchev–Trinajstić information content (AvgIpc) is 2.95. The summed E-state index contributed by atoms with van der Waals surface area (Å²) in [5.74, 6) is 0.793. The molecule has 0 N–H and O–H groups in total. The lowest BCUT2D eigenvalue weighted by molar-refractivity contribution is 0.177. The number of hydrogen-bond acceptors (Lipinski definition) is 5. The molecule has 3 rings (SSSR count). The topological polar surface area (TPSA) is 66.7 Å². The molecule has 0 spiro atoms. The Bertz CT molecular complexity index is 821. The minimum absolute atomic E-state index is 0.381. The van der Waals surface area contributed by atoms with E-state index in [2.05, 4.69) is 10.1 Å². The molecule has 1 aromatic heterocycles. The van der Waals surface area contributed by atoms with Crippen molar-refractivity contribution in [1.82, 2.24) is 14.4 Å². The Labute approximate surface area is 143 Å². The molecule has 0 aliphatic carbocycles. The summed E-state index contributed by atoms with van der Waals surface area (Å²) in [6.07, 6.45) is 0. The second-order valence-electron chi connectivity index (χ2n) is 6.36. The number of aromatic nitrogens is 1. The predicted molar refractivity (Wildman–Crippen MR) is 91.2 cm³/mol. The van der Waals surface area contributed by atoms with Crippen LogP contribution in [0.1, 0.15) is 22.6 Å². The Hall–Kier alpha value is -1.70. The minimum atomic E-state index is -3.42. The van der Waals surface area contributed by atoms with Crippen LogP contribution in [-0.2, 0) is 16.6 Å². The molecule has 0 unspecified atom stereocenters. The van der Waals surface area contributed by atoms with E-state index in [0.29, 0.717) is 37.6 Å². The first-order valence-electron chi connectivity index (χ1n) is 8.08. The molecule has 2 heterocycles. The van der Waals surface area contributed by atoms with E-state index >= 15 is 0 Å². The molecule has 1 aliphatic heterocycles. The molecule has 1 aromatic carbocycles. The van der Waals surface area contributed by atoms with Crippen LogP contribution >= 0.6 is 0 Å². The van der Waals surface area contributed by atoms with Crippen LogP contribution in [0.5, 0.6) is 0 Å². The van der Waals surface area contributed by atoms with Crippen LogP contribution in [0.25, 0.3) is 0 Å². The highest BCUT2D eigenvalue weighted by Gasteiger charge is 2.28. The van der Waals surface area contributed by atoms with Gasteiger partial charge in [0, 0.05) is 38.8 Å². The molecule has 0 atom stereocenters. The van der Waals surface area contributed by atoms with E-state index in [-0.39, 0.29) is 0 Å². The third-order valence-corrected chi connectivity index (χ3v) is 6.40. The highest BCUT2D eigenvalue weighted by Crippen LogP contribution is 2.21. The molecule has 1 saturated heterocycles. The smallest absolute Gasteiger partial charge is 0.243 e. The number of rotatable bonds is 4. The van der Waals surface area contributed by atoms with Crippen molar-refractivity contribution in [2.24, 2.45) is 0 Å². The molecule has 1 aliphatic rings. The highest BCUT2D eigenvalue weighted by atomic mass is 32.2. The summed E-state index contributed by atoms with van der Waals surface area (Å²) in [5, 5.41) is 3.99. The van der Waals surface area contributed by atoms with Gasteiger partial charge in [-0.1, -0.05) is 11.2 Å². The first-order chi connectivity index (χ1) is 11.4. The lowest BCUT2D eigenvalue weighted by atomic mass is 10.1. The van der Waals surface area contributed by atoms with E-state index in [0.717, 1.165) is 22.6 Å². The Morgan fingerprint density at radius 3 is 2.33 bits per heavy atom. The largest absolute Gasteiger partial charge is 0.361 e. The van der Waals surface area contributed by atoms with Crippen LogP contribution in [-0.4, -0.2) is 49.0 Å². The molecule has 2 aromatic rings. The van der Waals surface area contributed by atoms with Crippen molar-refractivity contribution in [3.05, 3.63) is 46.8 Å². The van der Waals surface area contributed by atoms with Crippen molar-refractivity contribution in [1.29, 1.82) is 0 Å². The summed E-state index contributed by atoms with van der Waals surface area (Å²) >= 11 is 0. The number of sulfonamides is 1. The van der Waals surface area contributed by atoms with Gasteiger partial charge in [-0.05, 0) is 44.0 Å².